The van der Waals surface area contributed by atoms with E-state index in [0.29, 0.717) is 6.42 Å². The molecule has 0 aliphatic carbocycles. The summed E-state index contributed by atoms with van der Waals surface area (Å²) >= 11 is 0. The van der Waals surface area contributed by atoms with E-state index in [4.69, 9.17) is 0 Å². The van der Waals surface area contributed by atoms with E-state index in [0.717, 1.165) is 22.0 Å². The molecule has 22 heavy (non-hydrogen) atoms. The molecule has 0 unspecified atom stereocenters. The maximum Gasteiger partial charge on any atom is 0.326 e. The van der Waals surface area contributed by atoms with Crippen LogP contribution in [0.15, 0.2) is 72.8 Å². The smallest absolute Gasteiger partial charge is 0.326 e. The van der Waals surface area contributed by atoms with Gasteiger partial charge in [-0.05, 0) is 28.5 Å². The quantitative estimate of drug-likeness (QED) is 0.748. The molecule has 3 aromatic carbocycles. The number of carboxylic acids is 1. The Morgan fingerprint density at radius 2 is 1.59 bits per heavy atom. The zero-order valence-electron chi connectivity index (χ0n) is 12.1. The van der Waals surface area contributed by atoms with Crippen LogP contribution in [0.5, 0.6) is 0 Å². The highest BCUT2D eigenvalue weighted by Gasteiger charge is 2.18. The molecule has 0 saturated heterocycles. The second-order valence-corrected chi connectivity index (χ2v) is 5.24. The van der Waals surface area contributed by atoms with Crippen molar-refractivity contribution in [1.82, 2.24) is 0 Å². The number of carboxylic acid groups (broad SMARTS) is 1. The standard InChI is InChI=1S/C19H17NO2/c21-19(22)18(20-16-10-2-1-3-11-16)13-15-9-6-8-14-7-4-5-12-17(14)15/h1-12,18,20H,13H2,(H,21,22)/t18-/m1/s1. The van der Waals surface area contributed by atoms with Crippen LogP contribution < -0.4 is 5.32 Å². The highest BCUT2D eigenvalue weighted by molar-refractivity contribution is 5.87. The van der Waals surface area contributed by atoms with Crippen molar-refractivity contribution in [2.75, 3.05) is 5.32 Å². The molecule has 0 heterocycles. The fraction of sp³-hybridized carbons (Fsp3) is 0.105. The van der Waals surface area contributed by atoms with Crippen LogP contribution in [-0.4, -0.2) is 17.1 Å². The average Bonchev–Trinajstić information content (AvgIpc) is 2.55. The normalized spacial score (nSPS) is 12.0. The van der Waals surface area contributed by atoms with Crippen molar-refractivity contribution in [3.63, 3.8) is 0 Å². The van der Waals surface area contributed by atoms with Gasteiger partial charge >= 0.3 is 5.97 Å². The van der Waals surface area contributed by atoms with Crippen LogP contribution in [0.4, 0.5) is 5.69 Å². The van der Waals surface area contributed by atoms with Crippen LogP contribution in [0.25, 0.3) is 10.8 Å². The second-order valence-electron chi connectivity index (χ2n) is 5.24. The predicted molar refractivity (Wildman–Crippen MR) is 89.1 cm³/mol. The summed E-state index contributed by atoms with van der Waals surface area (Å²) in [5.74, 6) is -0.850. The van der Waals surface area contributed by atoms with Crippen molar-refractivity contribution < 1.29 is 9.90 Å². The summed E-state index contributed by atoms with van der Waals surface area (Å²) in [6.07, 6.45) is 0.436. The number of fused-ring (bicyclic) bond motifs is 1. The van der Waals surface area contributed by atoms with Crippen molar-refractivity contribution >= 4 is 22.4 Å². The Labute approximate surface area is 129 Å². The van der Waals surface area contributed by atoms with Gasteiger partial charge in [-0.1, -0.05) is 60.7 Å². The zero-order valence-corrected chi connectivity index (χ0v) is 12.1. The Balaban J connectivity index is 1.88. The molecule has 0 saturated carbocycles. The van der Waals surface area contributed by atoms with Gasteiger partial charge in [0.15, 0.2) is 0 Å². The first-order valence-corrected chi connectivity index (χ1v) is 7.25. The van der Waals surface area contributed by atoms with Crippen LogP contribution in [0.3, 0.4) is 0 Å². The van der Waals surface area contributed by atoms with Crippen molar-refractivity contribution in [2.24, 2.45) is 0 Å². The van der Waals surface area contributed by atoms with Gasteiger partial charge in [-0.25, -0.2) is 4.79 Å². The monoisotopic (exact) mass is 291 g/mol. The molecule has 3 aromatic rings. The van der Waals surface area contributed by atoms with E-state index in [1.54, 1.807) is 0 Å². The van der Waals surface area contributed by atoms with E-state index in [9.17, 15) is 9.90 Å². The van der Waals surface area contributed by atoms with E-state index in [2.05, 4.69) is 5.32 Å². The maximum atomic E-state index is 11.6. The minimum absolute atomic E-state index is 0.436. The fourth-order valence-corrected chi connectivity index (χ4v) is 2.63. The average molecular weight is 291 g/mol. The van der Waals surface area contributed by atoms with Gasteiger partial charge < -0.3 is 10.4 Å². The lowest BCUT2D eigenvalue weighted by Gasteiger charge is -2.17. The van der Waals surface area contributed by atoms with Gasteiger partial charge in [-0.2, -0.15) is 0 Å². The Hall–Kier alpha value is -2.81. The Morgan fingerprint density at radius 3 is 2.36 bits per heavy atom. The molecule has 0 spiro atoms. The molecule has 0 amide bonds. The molecule has 0 fully saturated rings. The zero-order chi connectivity index (χ0) is 15.4. The SMILES string of the molecule is O=C(O)[C@@H](Cc1cccc2ccccc12)Nc1ccccc1. The molecule has 0 aliphatic rings. The molecule has 3 rings (SSSR count). The van der Waals surface area contributed by atoms with Crippen LogP contribution in [-0.2, 0) is 11.2 Å². The summed E-state index contributed by atoms with van der Waals surface area (Å²) in [5.41, 5.74) is 1.85. The second kappa shape index (κ2) is 6.31. The highest BCUT2D eigenvalue weighted by atomic mass is 16.4. The van der Waals surface area contributed by atoms with Crippen LogP contribution in [0.2, 0.25) is 0 Å². The van der Waals surface area contributed by atoms with Gasteiger partial charge in [0, 0.05) is 12.1 Å². The number of rotatable bonds is 5. The number of benzene rings is 3. The maximum absolute atomic E-state index is 11.6. The third-order valence-electron chi connectivity index (χ3n) is 3.72. The summed E-state index contributed by atoms with van der Waals surface area (Å²) in [5, 5.41) is 14.8. The first-order chi connectivity index (χ1) is 10.7. The summed E-state index contributed by atoms with van der Waals surface area (Å²) in [4.78, 5) is 11.6. The van der Waals surface area contributed by atoms with Gasteiger partial charge in [0.1, 0.15) is 6.04 Å². The molecule has 2 N–H and O–H groups in total. The summed E-state index contributed by atoms with van der Waals surface area (Å²) in [6.45, 7) is 0. The number of aliphatic carboxylic acids is 1. The molecule has 1 atom stereocenters. The minimum Gasteiger partial charge on any atom is -0.480 e. The highest BCUT2D eigenvalue weighted by Crippen LogP contribution is 2.21. The van der Waals surface area contributed by atoms with Crippen molar-refractivity contribution in [3.8, 4) is 0 Å². The predicted octanol–water partition coefficient (Wildman–Crippen LogP) is 3.95. The third-order valence-corrected chi connectivity index (χ3v) is 3.72. The summed E-state index contributed by atoms with van der Waals surface area (Å²) in [7, 11) is 0. The number of para-hydroxylation sites is 1. The van der Waals surface area contributed by atoms with E-state index in [1.807, 2.05) is 72.8 Å². The minimum atomic E-state index is -0.850. The van der Waals surface area contributed by atoms with Crippen LogP contribution in [0, 0.1) is 0 Å². The lowest BCUT2D eigenvalue weighted by atomic mass is 9.98. The fourth-order valence-electron chi connectivity index (χ4n) is 2.63. The first-order valence-electron chi connectivity index (χ1n) is 7.25. The van der Waals surface area contributed by atoms with Gasteiger partial charge in [0.05, 0.1) is 0 Å². The molecule has 0 radical (unpaired) electrons. The molecule has 0 bridgehead atoms. The van der Waals surface area contributed by atoms with Crippen molar-refractivity contribution in [1.29, 1.82) is 0 Å². The number of nitrogens with one attached hydrogen (secondary N) is 1. The number of hydrogen-bond acceptors (Lipinski definition) is 2. The largest absolute Gasteiger partial charge is 0.480 e. The summed E-state index contributed by atoms with van der Waals surface area (Å²) < 4.78 is 0. The third kappa shape index (κ3) is 3.09. The van der Waals surface area contributed by atoms with E-state index >= 15 is 0 Å². The first kappa shape index (κ1) is 14.1. The van der Waals surface area contributed by atoms with Crippen molar-refractivity contribution in [2.45, 2.75) is 12.5 Å². The van der Waals surface area contributed by atoms with Crippen molar-refractivity contribution in [3.05, 3.63) is 78.4 Å². The lowest BCUT2D eigenvalue weighted by molar-refractivity contribution is -0.137. The molecular formula is C19H17NO2. The van der Waals surface area contributed by atoms with Gasteiger partial charge in [0.25, 0.3) is 0 Å². The van der Waals surface area contributed by atoms with Gasteiger partial charge in [-0.3, -0.25) is 0 Å². The molecular weight excluding hydrogens is 274 g/mol. The molecule has 0 aliphatic heterocycles. The van der Waals surface area contributed by atoms with Gasteiger partial charge in [-0.15, -0.1) is 0 Å². The Bertz CT molecular complexity index is 778. The lowest BCUT2D eigenvalue weighted by Crippen LogP contribution is -2.31. The van der Waals surface area contributed by atoms with Crippen LogP contribution in [0.1, 0.15) is 5.56 Å². The topological polar surface area (TPSA) is 49.3 Å². The Morgan fingerprint density at radius 1 is 0.909 bits per heavy atom. The number of carbonyl (C=O) groups is 1. The Kier molecular flexibility index (Phi) is 4.05. The molecule has 110 valence electrons. The van der Waals surface area contributed by atoms with E-state index < -0.39 is 12.0 Å². The van der Waals surface area contributed by atoms with E-state index in [-0.39, 0.29) is 0 Å². The number of hydrogen-bond donors (Lipinski definition) is 2. The van der Waals surface area contributed by atoms with Crippen LogP contribution >= 0.6 is 0 Å². The molecule has 0 aromatic heterocycles. The number of anilines is 1. The van der Waals surface area contributed by atoms with E-state index in [1.165, 1.54) is 0 Å². The summed E-state index contributed by atoms with van der Waals surface area (Å²) in [6, 6.07) is 22.8. The molecule has 3 heteroatoms. The molecule has 3 nitrogen and oxygen atoms in total. The van der Waals surface area contributed by atoms with Gasteiger partial charge in [0.2, 0.25) is 0 Å².